The van der Waals surface area contributed by atoms with Crippen LogP contribution in [0.1, 0.15) is 22.7 Å². The molecular weight excluding hydrogens is 256 g/mol. The van der Waals surface area contributed by atoms with Crippen LogP contribution in [0.4, 0.5) is 5.82 Å². The molecule has 1 aliphatic rings. The molecule has 0 radical (unpaired) electrons. The number of nitrogen functional groups attached to an aromatic ring is 1. The molecule has 3 heterocycles. The average Bonchev–Trinajstić information content (AvgIpc) is 2.92. The van der Waals surface area contributed by atoms with Crippen LogP contribution in [0, 0.1) is 5.92 Å². The highest BCUT2D eigenvalue weighted by molar-refractivity contribution is 5.96. The number of amides is 1. The van der Waals surface area contributed by atoms with Crippen molar-refractivity contribution in [3.05, 3.63) is 36.3 Å². The highest BCUT2D eigenvalue weighted by Crippen LogP contribution is 2.18. The Morgan fingerprint density at radius 1 is 1.35 bits per heavy atom. The lowest BCUT2D eigenvalue weighted by Gasteiger charge is -2.23. The molecule has 0 aromatic carbocycles. The fraction of sp³-hybridized carbons (Fsp3) is 0.385. The molecule has 2 aromatic heterocycles. The molecule has 0 fully saturated rings. The van der Waals surface area contributed by atoms with Crippen molar-refractivity contribution >= 4 is 11.7 Å². The number of nitrogens with two attached hydrogens (primary N) is 1. The molecule has 3 rings (SSSR count). The maximum Gasteiger partial charge on any atom is 0.273 e. The molecule has 2 aromatic rings. The van der Waals surface area contributed by atoms with E-state index >= 15 is 0 Å². The van der Waals surface area contributed by atoms with Gasteiger partial charge in [-0.2, -0.15) is 0 Å². The number of anilines is 1. The van der Waals surface area contributed by atoms with Crippen LogP contribution in [0.5, 0.6) is 0 Å². The number of hydrogen-bond acceptors (Lipinski definition) is 5. The summed E-state index contributed by atoms with van der Waals surface area (Å²) in [6.07, 6.45) is 8.64. The summed E-state index contributed by atoms with van der Waals surface area (Å²) in [6, 6.07) is 0. The SMILES string of the molecule is Nc1nccnc1C(=O)NC[C@H]1CCn2ccnc2C1. The second-order valence-electron chi connectivity index (χ2n) is 4.90. The highest BCUT2D eigenvalue weighted by atomic mass is 16.1. The second-order valence-corrected chi connectivity index (χ2v) is 4.90. The Labute approximate surface area is 116 Å². The summed E-state index contributed by atoms with van der Waals surface area (Å²) in [5.74, 6) is 1.36. The number of aromatic nitrogens is 4. The fourth-order valence-corrected chi connectivity index (χ4v) is 2.43. The first-order valence-electron chi connectivity index (χ1n) is 6.58. The van der Waals surface area contributed by atoms with E-state index < -0.39 is 0 Å². The Hall–Kier alpha value is -2.44. The van der Waals surface area contributed by atoms with Gasteiger partial charge in [0, 0.05) is 44.3 Å². The molecule has 20 heavy (non-hydrogen) atoms. The normalized spacial score (nSPS) is 17.5. The van der Waals surface area contributed by atoms with Gasteiger partial charge in [-0.3, -0.25) is 4.79 Å². The average molecular weight is 272 g/mol. The summed E-state index contributed by atoms with van der Waals surface area (Å²) in [5, 5.41) is 2.87. The van der Waals surface area contributed by atoms with Gasteiger partial charge in [0.05, 0.1) is 0 Å². The zero-order valence-corrected chi connectivity index (χ0v) is 11.0. The quantitative estimate of drug-likeness (QED) is 0.834. The van der Waals surface area contributed by atoms with Crippen molar-refractivity contribution in [3.8, 4) is 0 Å². The summed E-state index contributed by atoms with van der Waals surface area (Å²) in [7, 11) is 0. The van der Waals surface area contributed by atoms with Crippen molar-refractivity contribution in [2.75, 3.05) is 12.3 Å². The number of imidazole rings is 1. The van der Waals surface area contributed by atoms with Gasteiger partial charge in [0.25, 0.3) is 5.91 Å². The lowest BCUT2D eigenvalue weighted by atomic mass is 9.98. The molecule has 1 amide bonds. The zero-order valence-electron chi connectivity index (χ0n) is 11.0. The standard InChI is InChI=1S/C13H16N6O/c14-12-11(16-2-3-17-12)13(20)18-8-9-1-5-19-6-4-15-10(19)7-9/h2-4,6,9H,1,5,7-8H2,(H2,14,17)(H,18,20)/t9-/m0/s1. The second kappa shape index (κ2) is 5.28. The number of rotatable bonds is 3. The van der Waals surface area contributed by atoms with E-state index in [2.05, 4.69) is 24.8 Å². The Morgan fingerprint density at radius 2 is 2.20 bits per heavy atom. The topological polar surface area (TPSA) is 98.7 Å². The molecule has 104 valence electrons. The number of aryl methyl sites for hydroxylation is 1. The van der Waals surface area contributed by atoms with Gasteiger partial charge in [0.2, 0.25) is 0 Å². The van der Waals surface area contributed by atoms with Gasteiger partial charge in [-0.15, -0.1) is 0 Å². The summed E-state index contributed by atoms with van der Waals surface area (Å²) >= 11 is 0. The van der Waals surface area contributed by atoms with Crippen LogP contribution >= 0.6 is 0 Å². The number of nitrogens with zero attached hydrogens (tertiary/aromatic N) is 4. The number of hydrogen-bond donors (Lipinski definition) is 2. The third-order valence-corrected chi connectivity index (χ3v) is 3.54. The maximum atomic E-state index is 12.0. The fourth-order valence-electron chi connectivity index (χ4n) is 2.43. The van der Waals surface area contributed by atoms with Crippen LogP contribution < -0.4 is 11.1 Å². The number of carbonyl (C=O) groups excluding carboxylic acids is 1. The summed E-state index contributed by atoms with van der Waals surface area (Å²) in [5.41, 5.74) is 5.82. The minimum atomic E-state index is -0.274. The van der Waals surface area contributed by atoms with Crippen molar-refractivity contribution in [1.82, 2.24) is 24.8 Å². The molecule has 7 nitrogen and oxygen atoms in total. The van der Waals surface area contributed by atoms with Gasteiger partial charge >= 0.3 is 0 Å². The molecule has 0 aliphatic carbocycles. The van der Waals surface area contributed by atoms with E-state index in [-0.39, 0.29) is 17.4 Å². The predicted molar refractivity (Wildman–Crippen MR) is 72.8 cm³/mol. The van der Waals surface area contributed by atoms with E-state index in [0.29, 0.717) is 12.5 Å². The van der Waals surface area contributed by atoms with E-state index in [1.165, 1.54) is 12.4 Å². The monoisotopic (exact) mass is 272 g/mol. The Kier molecular flexibility index (Phi) is 3.32. The van der Waals surface area contributed by atoms with Gasteiger partial charge in [-0.25, -0.2) is 15.0 Å². The van der Waals surface area contributed by atoms with Gasteiger partial charge < -0.3 is 15.6 Å². The van der Waals surface area contributed by atoms with E-state index in [0.717, 1.165) is 25.2 Å². The predicted octanol–water partition coefficient (Wildman–Crippen LogP) is 0.248. The van der Waals surface area contributed by atoms with Crippen LogP contribution in [0.25, 0.3) is 0 Å². The maximum absolute atomic E-state index is 12.0. The van der Waals surface area contributed by atoms with Crippen molar-refractivity contribution in [3.63, 3.8) is 0 Å². The van der Waals surface area contributed by atoms with Gasteiger partial charge in [0.15, 0.2) is 11.5 Å². The molecule has 0 unspecified atom stereocenters. The Bertz CT molecular complexity index is 623. The van der Waals surface area contributed by atoms with E-state index in [1.807, 2.05) is 12.4 Å². The van der Waals surface area contributed by atoms with Crippen LogP contribution in [0.2, 0.25) is 0 Å². The van der Waals surface area contributed by atoms with Crippen LogP contribution in [-0.4, -0.2) is 32.0 Å². The Balaban J connectivity index is 1.58. The Morgan fingerprint density at radius 3 is 3.05 bits per heavy atom. The first-order chi connectivity index (χ1) is 9.74. The van der Waals surface area contributed by atoms with E-state index in [1.54, 1.807) is 0 Å². The van der Waals surface area contributed by atoms with Crippen LogP contribution in [0.15, 0.2) is 24.8 Å². The third-order valence-electron chi connectivity index (χ3n) is 3.54. The molecule has 3 N–H and O–H groups in total. The largest absolute Gasteiger partial charge is 0.382 e. The minimum absolute atomic E-state index is 0.157. The summed E-state index contributed by atoms with van der Waals surface area (Å²) < 4.78 is 2.15. The van der Waals surface area contributed by atoms with E-state index in [9.17, 15) is 4.79 Å². The van der Waals surface area contributed by atoms with E-state index in [4.69, 9.17) is 5.73 Å². The van der Waals surface area contributed by atoms with Crippen LogP contribution in [-0.2, 0) is 13.0 Å². The number of fused-ring (bicyclic) bond motifs is 1. The van der Waals surface area contributed by atoms with Crippen molar-refractivity contribution < 1.29 is 4.79 Å². The lowest BCUT2D eigenvalue weighted by Crippen LogP contribution is -2.34. The first kappa shape index (κ1) is 12.6. The number of carbonyl (C=O) groups is 1. The molecule has 1 aliphatic heterocycles. The van der Waals surface area contributed by atoms with Gasteiger partial charge in [-0.05, 0) is 12.3 Å². The summed E-state index contributed by atoms with van der Waals surface area (Å²) in [4.78, 5) is 24.1. The van der Waals surface area contributed by atoms with Gasteiger partial charge in [-0.1, -0.05) is 0 Å². The third kappa shape index (κ3) is 2.47. The summed E-state index contributed by atoms with van der Waals surface area (Å²) in [6.45, 7) is 1.55. The molecule has 7 heteroatoms. The molecule has 0 bridgehead atoms. The van der Waals surface area contributed by atoms with Gasteiger partial charge in [0.1, 0.15) is 5.82 Å². The lowest BCUT2D eigenvalue weighted by molar-refractivity contribution is 0.0940. The number of nitrogens with one attached hydrogen (secondary N) is 1. The van der Waals surface area contributed by atoms with Crippen molar-refractivity contribution in [2.45, 2.75) is 19.4 Å². The van der Waals surface area contributed by atoms with Crippen molar-refractivity contribution in [2.24, 2.45) is 5.92 Å². The zero-order chi connectivity index (χ0) is 13.9. The smallest absolute Gasteiger partial charge is 0.273 e. The molecule has 0 saturated heterocycles. The molecule has 1 atom stereocenters. The van der Waals surface area contributed by atoms with Crippen molar-refractivity contribution in [1.29, 1.82) is 0 Å². The van der Waals surface area contributed by atoms with Crippen LogP contribution in [0.3, 0.4) is 0 Å². The first-order valence-corrected chi connectivity index (χ1v) is 6.58. The minimum Gasteiger partial charge on any atom is -0.382 e. The molecule has 0 saturated carbocycles. The molecule has 0 spiro atoms. The molecular formula is C13H16N6O. The highest BCUT2D eigenvalue weighted by Gasteiger charge is 2.20.